The number of hydrogen-bond acceptors (Lipinski definition) is 3. The maximum atomic E-state index is 12.2. The van der Waals surface area contributed by atoms with Crippen molar-refractivity contribution in [3.8, 4) is 0 Å². The summed E-state index contributed by atoms with van der Waals surface area (Å²) in [5.41, 5.74) is 6.87. The van der Waals surface area contributed by atoms with Gasteiger partial charge in [-0.2, -0.15) is 0 Å². The number of rotatable bonds is 1. The number of halogens is 1. The number of thiophene rings is 1. The van der Waals surface area contributed by atoms with E-state index in [1.54, 1.807) is 4.90 Å². The van der Waals surface area contributed by atoms with E-state index in [1.807, 2.05) is 12.3 Å². The number of nitrogens with zero attached hydrogens (tertiary/aromatic N) is 1. The van der Waals surface area contributed by atoms with Gasteiger partial charge in [0.05, 0.1) is 5.02 Å². The molecule has 1 aliphatic rings. The van der Waals surface area contributed by atoms with E-state index in [4.69, 9.17) is 17.3 Å². The van der Waals surface area contributed by atoms with E-state index >= 15 is 0 Å². The van der Waals surface area contributed by atoms with Gasteiger partial charge in [0.15, 0.2) is 0 Å². The largest absolute Gasteiger partial charge is 0.336 e. The van der Waals surface area contributed by atoms with Crippen LogP contribution in [0.2, 0.25) is 5.02 Å². The molecule has 1 amide bonds. The molecule has 3 nitrogen and oxygen atoms in total. The predicted octanol–water partition coefficient (Wildman–Crippen LogP) is 2.13. The fraction of sp³-hybridized carbons (Fsp3) is 0.545. The van der Waals surface area contributed by atoms with Crippen LogP contribution in [0.1, 0.15) is 22.2 Å². The maximum Gasteiger partial charge on any atom is 0.265 e. The number of amides is 1. The zero-order valence-corrected chi connectivity index (χ0v) is 10.9. The van der Waals surface area contributed by atoms with Gasteiger partial charge < -0.3 is 10.6 Å². The van der Waals surface area contributed by atoms with Crippen molar-refractivity contribution in [3.63, 3.8) is 0 Å². The first-order valence-corrected chi connectivity index (χ1v) is 6.55. The minimum atomic E-state index is 0.0166. The summed E-state index contributed by atoms with van der Waals surface area (Å²) in [5.74, 6) is 0.381. The minimum absolute atomic E-state index is 0.0166. The Morgan fingerprint density at radius 2 is 2.31 bits per heavy atom. The van der Waals surface area contributed by atoms with Crippen molar-refractivity contribution in [1.82, 2.24) is 4.90 Å². The molecule has 0 aliphatic carbocycles. The third kappa shape index (κ3) is 1.97. The van der Waals surface area contributed by atoms with Crippen molar-refractivity contribution >= 4 is 28.8 Å². The first-order chi connectivity index (χ1) is 7.50. The quantitative estimate of drug-likeness (QED) is 0.839. The zero-order chi connectivity index (χ0) is 11.9. The van der Waals surface area contributed by atoms with Crippen LogP contribution >= 0.6 is 22.9 Å². The normalized spacial score (nSPS) is 25.1. The Hall–Kier alpha value is -0.580. The SMILES string of the molecule is Cc1csc(C(=O)N2CC(C)C(N)C2)c1Cl. The molecule has 88 valence electrons. The van der Waals surface area contributed by atoms with E-state index < -0.39 is 0 Å². The molecule has 0 bridgehead atoms. The highest BCUT2D eigenvalue weighted by Gasteiger charge is 2.31. The number of likely N-dealkylation sites (tertiary alicyclic amines) is 1. The van der Waals surface area contributed by atoms with Gasteiger partial charge in [0.1, 0.15) is 4.88 Å². The van der Waals surface area contributed by atoms with Gasteiger partial charge in [-0.15, -0.1) is 11.3 Å². The average molecular weight is 259 g/mol. The molecular weight excluding hydrogens is 244 g/mol. The van der Waals surface area contributed by atoms with Crippen molar-refractivity contribution in [3.05, 3.63) is 20.8 Å². The summed E-state index contributed by atoms with van der Waals surface area (Å²) in [4.78, 5) is 14.6. The summed E-state index contributed by atoms with van der Waals surface area (Å²) in [6.45, 7) is 5.34. The summed E-state index contributed by atoms with van der Waals surface area (Å²) < 4.78 is 0. The van der Waals surface area contributed by atoms with E-state index in [9.17, 15) is 4.79 Å². The van der Waals surface area contributed by atoms with Crippen molar-refractivity contribution in [2.45, 2.75) is 19.9 Å². The molecule has 2 N–H and O–H groups in total. The lowest BCUT2D eigenvalue weighted by molar-refractivity contribution is 0.0791. The lowest BCUT2D eigenvalue weighted by Crippen LogP contribution is -2.31. The fourth-order valence-corrected chi connectivity index (χ4v) is 3.12. The molecule has 0 spiro atoms. The number of carbonyl (C=O) groups is 1. The lowest BCUT2D eigenvalue weighted by atomic mass is 10.1. The molecule has 16 heavy (non-hydrogen) atoms. The second kappa shape index (κ2) is 4.35. The Labute approximate surface area is 104 Å². The fourth-order valence-electron chi connectivity index (χ4n) is 1.88. The monoisotopic (exact) mass is 258 g/mol. The van der Waals surface area contributed by atoms with Crippen LogP contribution in [-0.4, -0.2) is 29.9 Å². The molecule has 1 aliphatic heterocycles. The Morgan fingerprint density at radius 1 is 1.62 bits per heavy atom. The molecule has 2 heterocycles. The van der Waals surface area contributed by atoms with Gasteiger partial charge in [-0.25, -0.2) is 0 Å². The second-order valence-electron chi connectivity index (χ2n) is 4.41. The standard InChI is InChI=1S/C11H15ClN2OS/c1-6-3-14(4-8(6)13)11(15)10-9(12)7(2)5-16-10/h5-6,8H,3-4,13H2,1-2H3. The smallest absolute Gasteiger partial charge is 0.265 e. The van der Waals surface area contributed by atoms with Crippen molar-refractivity contribution in [2.24, 2.45) is 11.7 Å². The molecule has 1 fully saturated rings. The molecular formula is C11H15ClN2OS. The average Bonchev–Trinajstić information content (AvgIpc) is 2.73. The Morgan fingerprint density at radius 3 is 2.75 bits per heavy atom. The summed E-state index contributed by atoms with van der Waals surface area (Å²) in [6.07, 6.45) is 0. The highest BCUT2D eigenvalue weighted by Crippen LogP contribution is 2.29. The van der Waals surface area contributed by atoms with Gasteiger partial charge in [0.2, 0.25) is 0 Å². The molecule has 0 radical (unpaired) electrons. The number of nitrogens with two attached hydrogens (primary N) is 1. The van der Waals surface area contributed by atoms with E-state index in [2.05, 4.69) is 6.92 Å². The summed E-state index contributed by atoms with van der Waals surface area (Å²) in [5, 5.41) is 2.50. The minimum Gasteiger partial charge on any atom is -0.336 e. The molecule has 2 atom stereocenters. The lowest BCUT2D eigenvalue weighted by Gasteiger charge is -2.14. The Bertz CT molecular complexity index is 408. The van der Waals surface area contributed by atoms with Crippen molar-refractivity contribution < 1.29 is 4.79 Å². The molecule has 1 aromatic rings. The van der Waals surface area contributed by atoms with E-state index in [0.717, 1.165) is 12.1 Å². The molecule has 2 unspecified atom stereocenters. The second-order valence-corrected chi connectivity index (χ2v) is 5.67. The van der Waals surface area contributed by atoms with Gasteiger partial charge in [-0.3, -0.25) is 4.79 Å². The molecule has 2 rings (SSSR count). The van der Waals surface area contributed by atoms with Crippen LogP contribution in [0.4, 0.5) is 0 Å². The summed E-state index contributed by atoms with van der Waals surface area (Å²) >= 11 is 7.50. The van der Waals surface area contributed by atoms with Crippen LogP contribution in [0.15, 0.2) is 5.38 Å². The molecule has 1 saturated heterocycles. The molecule has 0 aromatic carbocycles. The van der Waals surface area contributed by atoms with Crippen LogP contribution in [-0.2, 0) is 0 Å². The number of hydrogen-bond donors (Lipinski definition) is 1. The number of carbonyl (C=O) groups excluding carboxylic acids is 1. The summed E-state index contributed by atoms with van der Waals surface area (Å²) in [6, 6.07) is 0.0868. The third-order valence-corrected chi connectivity index (χ3v) is 4.74. The van der Waals surface area contributed by atoms with Crippen LogP contribution < -0.4 is 5.73 Å². The van der Waals surface area contributed by atoms with Gasteiger partial charge in [0.25, 0.3) is 5.91 Å². The maximum absolute atomic E-state index is 12.2. The van der Waals surface area contributed by atoms with Gasteiger partial charge >= 0.3 is 0 Å². The first kappa shape index (κ1) is 11.9. The van der Waals surface area contributed by atoms with Crippen LogP contribution in [0.25, 0.3) is 0 Å². The Balaban J connectivity index is 2.18. The molecule has 5 heteroatoms. The van der Waals surface area contributed by atoms with E-state index in [0.29, 0.717) is 22.4 Å². The first-order valence-electron chi connectivity index (χ1n) is 5.29. The van der Waals surface area contributed by atoms with Crippen LogP contribution in [0.3, 0.4) is 0 Å². The molecule has 1 aromatic heterocycles. The van der Waals surface area contributed by atoms with E-state index in [1.165, 1.54) is 11.3 Å². The van der Waals surface area contributed by atoms with Crippen LogP contribution in [0, 0.1) is 12.8 Å². The number of aryl methyl sites for hydroxylation is 1. The highest BCUT2D eigenvalue weighted by atomic mass is 35.5. The Kier molecular flexibility index (Phi) is 3.24. The topological polar surface area (TPSA) is 46.3 Å². The van der Waals surface area contributed by atoms with Gasteiger partial charge in [-0.1, -0.05) is 18.5 Å². The van der Waals surface area contributed by atoms with Gasteiger partial charge in [0, 0.05) is 19.1 Å². The van der Waals surface area contributed by atoms with Crippen molar-refractivity contribution in [2.75, 3.05) is 13.1 Å². The van der Waals surface area contributed by atoms with E-state index in [-0.39, 0.29) is 11.9 Å². The summed E-state index contributed by atoms with van der Waals surface area (Å²) in [7, 11) is 0. The van der Waals surface area contributed by atoms with Gasteiger partial charge in [-0.05, 0) is 23.8 Å². The van der Waals surface area contributed by atoms with Crippen LogP contribution in [0.5, 0.6) is 0 Å². The highest BCUT2D eigenvalue weighted by molar-refractivity contribution is 7.13. The predicted molar refractivity (Wildman–Crippen MR) is 67.1 cm³/mol. The third-order valence-electron chi connectivity index (χ3n) is 3.05. The molecule has 0 saturated carbocycles. The zero-order valence-electron chi connectivity index (χ0n) is 9.37. The van der Waals surface area contributed by atoms with Crippen molar-refractivity contribution in [1.29, 1.82) is 0 Å².